The quantitative estimate of drug-likeness (QED) is 0.792. The molecular weight excluding hydrogens is 323 g/mol. The Kier molecular flexibility index (Phi) is 3.19. The first-order valence-corrected chi connectivity index (χ1v) is 7.39. The lowest BCUT2D eigenvalue weighted by Gasteiger charge is -2.40. The summed E-state index contributed by atoms with van der Waals surface area (Å²) in [5.74, 6) is -0.411. The fourth-order valence-electron chi connectivity index (χ4n) is 2.86. The summed E-state index contributed by atoms with van der Waals surface area (Å²) in [6.45, 7) is 0. The number of alkyl halides is 3. The van der Waals surface area contributed by atoms with Gasteiger partial charge < -0.3 is 4.52 Å². The van der Waals surface area contributed by atoms with Crippen LogP contribution in [0, 0.1) is 0 Å². The van der Waals surface area contributed by atoms with Crippen LogP contribution in [0.5, 0.6) is 0 Å². The van der Waals surface area contributed by atoms with E-state index in [-0.39, 0.29) is 30.3 Å². The second kappa shape index (κ2) is 5.15. The molecule has 24 heavy (non-hydrogen) atoms. The van der Waals surface area contributed by atoms with Crippen molar-refractivity contribution in [2.45, 2.75) is 30.9 Å². The third kappa shape index (κ3) is 2.11. The Balaban J connectivity index is 1.74. The van der Waals surface area contributed by atoms with Crippen LogP contribution in [-0.4, -0.2) is 31.7 Å². The monoisotopic (exact) mass is 335 g/mol. The SMILES string of the molecule is FC(F)(F)C1(c2noc(-c3n[nH]nc3-c3ccccc3)n2)CCC1. The summed E-state index contributed by atoms with van der Waals surface area (Å²) < 4.78 is 45.2. The molecule has 0 aliphatic heterocycles. The number of nitrogens with zero attached hydrogens (tertiary/aromatic N) is 4. The highest BCUT2D eigenvalue weighted by Gasteiger charge is 2.62. The number of rotatable bonds is 3. The van der Waals surface area contributed by atoms with Crippen molar-refractivity contribution in [2.75, 3.05) is 0 Å². The smallest absolute Gasteiger partial charge is 0.332 e. The van der Waals surface area contributed by atoms with E-state index in [2.05, 4.69) is 25.6 Å². The Hall–Kier alpha value is -2.71. The molecule has 4 rings (SSSR count). The third-order valence-electron chi connectivity index (χ3n) is 4.40. The number of nitrogens with one attached hydrogen (secondary N) is 1. The molecule has 1 fully saturated rings. The first kappa shape index (κ1) is 14.9. The van der Waals surface area contributed by atoms with E-state index in [1.165, 1.54) is 0 Å². The van der Waals surface area contributed by atoms with Crippen LogP contribution >= 0.6 is 0 Å². The summed E-state index contributed by atoms with van der Waals surface area (Å²) in [6.07, 6.45) is -3.97. The zero-order chi connectivity index (χ0) is 16.8. The van der Waals surface area contributed by atoms with Crippen molar-refractivity contribution in [3.8, 4) is 22.8 Å². The van der Waals surface area contributed by atoms with E-state index in [9.17, 15) is 13.2 Å². The van der Waals surface area contributed by atoms with Gasteiger partial charge in [0.05, 0.1) is 0 Å². The van der Waals surface area contributed by atoms with Gasteiger partial charge in [-0.05, 0) is 12.8 Å². The van der Waals surface area contributed by atoms with Crippen molar-refractivity contribution in [3.63, 3.8) is 0 Å². The van der Waals surface area contributed by atoms with Crippen LogP contribution in [-0.2, 0) is 5.41 Å². The molecule has 2 aromatic heterocycles. The van der Waals surface area contributed by atoms with E-state index in [1.54, 1.807) is 0 Å². The summed E-state index contributed by atoms with van der Waals surface area (Å²) >= 11 is 0. The van der Waals surface area contributed by atoms with Gasteiger partial charge in [-0.1, -0.05) is 41.9 Å². The van der Waals surface area contributed by atoms with E-state index < -0.39 is 11.6 Å². The molecule has 124 valence electrons. The second-order valence-corrected chi connectivity index (χ2v) is 5.74. The summed E-state index contributed by atoms with van der Waals surface area (Å²) in [4.78, 5) is 3.98. The molecule has 0 unspecified atom stereocenters. The molecule has 2 heterocycles. The molecule has 1 aliphatic carbocycles. The van der Waals surface area contributed by atoms with Gasteiger partial charge >= 0.3 is 6.18 Å². The highest BCUT2D eigenvalue weighted by atomic mass is 19.4. The molecule has 0 atom stereocenters. The molecule has 1 N–H and O–H groups in total. The topological polar surface area (TPSA) is 80.5 Å². The average Bonchev–Trinajstić information content (AvgIpc) is 3.14. The maximum atomic E-state index is 13.4. The highest BCUT2D eigenvalue weighted by Crippen LogP contribution is 2.53. The molecule has 1 aliphatic rings. The minimum atomic E-state index is -4.40. The minimum absolute atomic E-state index is 0.0279. The van der Waals surface area contributed by atoms with Gasteiger partial charge in [0.25, 0.3) is 5.89 Å². The number of benzene rings is 1. The van der Waals surface area contributed by atoms with E-state index in [0.717, 1.165) is 5.56 Å². The lowest BCUT2D eigenvalue weighted by Crippen LogP contribution is -2.48. The Morgan fingerprint density at radius 2 is 1.75 bits per heavy atom. The van der Waals surface area contributed by atoms with Crippen LogP contribution in [0.3, 0.4) is 0 Å². The molecule has 0 spiro atoms. The molecular formula is C15H12F3N5O. The number of H-pyrrole nitrogens is 1. The fourth-order valence-corrected chi connectivity index (χ4v) is 2.86. The normalized spacial score (nSPS) is 16.8. The number of aromatic nitrogens is 5. The number of hydrogen-bond acceptors (Lipinski definition) is 5. The van der Waals surface area contributed by atoms with Crippen LogP contribution < -0.4 is 0 Å². The average molecular weight is 335 g/mol. The summed E-state index contributed by atoms with van der Waals surface area (Å²) in [7, 11) is 0. The molecule has 1 aromatic carbocycles. The summed E-state index contributed by atoms with van der Waals surface area (Å²) in [6, 6.07) is 9.10. The van der Waals surface area contributed by atoms with E-state index >= 15 is 0 Å². The Morgan fingerprint density at radius 1 is 1.04 bits per heavy atom. The fraction of sp³-hybridized carbons (Fsp3) is 0.333. The largest absolute Gasteiger partial charge is 0.401 e. The van der Waals surface area contributed by atoms with E-state index in [4.69, 9.17) is 4.52 Å². The highest BCUT2D eigenvalue weighted by molar-refractivity contribution is 5.73. The molecule has 9 heteroatoms. The first-order chi connectivity index (χ1) is 11.5. The minimum Gasteiger partial charge on any atom is -0.332 e. The lowest BCUT2D eigenvalue weighted by atomic mass is 9.67. The molecule has 1 saturated carbocycles. The molecule has 0 radical (unpaired) electrons. The van der Waals surface area contributed by atoms with Crippen molar-refractivity contribution in [3.05, 3.63) is 36.2 Å². The zero-order valence-electron chi connectivity index (χ0n) is 12.3. The van der Waals surface area contributed by atoms with Gasteiger partial charge in [0.2, 0.25) is 0 Å². The zero-order valence-corrected chi connectivity index (χ0v) is 12.3. The van der Waals surface area contributed by atoms with Gasteiger partial charge in [0, 0.05) is 5.56 Å². The van der Waals surface area contributed by atoms with Gasteiger partial charge in [-0.15, -0.1) is 0 Å². The Morgan fingerprint density at radius 3 is 2.38 bits per heavy atom. The van der Waals surface area contributed by atoms with E-state index in [1.807, 2.05) is 30.3 Å². The predicted octanol–water partition coefficient (Wildman–Crippen LogP) is 3.51. The summed E-state index contributed by atoms with van der Waals surface area (Å²) in [5.41, 5.74) is -0.585. The van der Waals surface area contributed by atoms with Crippen LogP contribution in [0.1, 0.15) is 25.1 Å². The maximum Gasteiger partial charge on any atom is 0.401 e. The Bertz CT molecular complexity index is 851. The number of halogens is 3. The van der Waals surface area contributed by atoms with Gasteiger partial charge in [0.1, 0.15) is 11.1 Å². The molecule has 6 nitrogen and oxygen atoms in total. The van der Waals surface area contributed by atoms with Crippen LogP contribution in [0.25, 0.3) is 22.8 Å². The standard InChI is InChI=1S/C15H12F3N5O/c16-15(17,18)14(7-4-8-14)13-19-12(24-22-13)11-10(20-23-21-11)9-5-2-1-3-6-9/h1-3,5-6H,4,7-8H2,(H,20,21,23). The van der Waals surface area contributed by atoms with Crippen molar-refractivity contribution in [1.29, 1.82) is 0 Å². The van der Waals surface area contributed by atoms with Gasteiger partial charge in [-0.2, -0.15) is 33.6 Å². The van der Waals surface area contributed by atoms with Crippen LogP contribution in [0.4, 0.5) is 13.2 Å². The molecule has 0 saturated heterocycles. The van der Waals surface area contributed by atoms with Gasteiger partial charge in [0.15, 0.2) is 11.5 Å². The van der Waals surface area contributed by atoms with E-state index in [0.29, 0.717) is 12.1 Å². The van der Waals surface area contributed by atoms with Crippen molar-refractivity contribution in [2.24, 2.45) is 0 Å². The van der Waals surface area contributed by atoms with Gasteiger partial charge in [-0.25, -0.2) is 0 Å². The van der Waals surface area contributed by atoms with Crippen molar-refractivity contribution in [1.82, 2.24) is 25.6 Å². The number of hydrogen-bond donors (Lipinski definition) is 1. The third-order valence-corrected chi connectivity index (χ3v) is 4.40. The predicted molar refractivity (Wildman–Crippen MR) is 76.7 cm³/mol. The second-order valence-electron chi connectivity index (χ2n) is 5.74. The van der Waals surface area contributed by atoms with Crippen molar-refractivity contribution < 1.29 is 17.7 Å². The molecule has 3 aromatic rings. The van der Waals surface area contributed by atoms with Crippen LogP contribution in [0.2, 0.25) is 0 Å². The first-order valence-electron chi connectivity index (χ1n) is 7.39. The summed E-state index contributed by atoms with van der Waals surface area (Å²) in [5, 5.41) is 14.0. The molecule has 0 bridgehead atoms. The van der Waals surface area contributed by atoms with Crippen LogP contribution in [0.15, 0.2) is 34.9 Å². The lowest BCUT2D eigenvalue weighted by molar-refractivity contribution is -0.215. The number of aromatic amines is 1. The molecule has 0 amide bonds. The Labute approximate surface area is 134 Å². The van der Waals surface area contributed by atoms with Gasteiger partial charge in [-0.3, -0.25) is 0 Å². The maximum absolute atomic E-state index is 13.4. The van der Waals surface area contributed by atoms with Crippen molar-refractivity contribution >= 4 is 0 Å².